The Labute approximate surface area is 225 Å². The second-order valence-electron chi connectivity index (χ2n) is 8.58. The lowest BCUT2D eigenvalue weighted by molar-refractivity contribution is -0.122. The van der Waals surface area contributed by atoms with E-state index >= 15 is 0 Å². The second-order valence-corrected chi connectivity index (χ2v) is 10.6. The molecule has 1 fully saturated rings. The Morgan fingerprint density at radius 2 is 1.78 bits per heavy atom. The van der Waals surface area contributed by atoms with Gasteiger partial charge < -0.3 is 15.4 Å². The van der Waals surface area contributed by atoms with Gasteiger partial charge in [-0.3, -0.25) is 9.69 Å². The maximum atomic E-state index is 13.9. The fourth-order valence-electron chi connectivity index (χ4n) is 4.17. The predicted octanol–water partition coefficient (Wildman–Crippen LogP) is 6.49. The van der Waals surface area contributed by atoms with E-state index in [0.717, 1.165) is 39.0 Å². The van der Waals surface area contributed by atoms with Gasteiger partial charge in [0.25, 0.3) is 5.91 Å². The molecule has 0 spiro atoms. The summed E-state index contributed by atoms with van der Waals surface area (Å²) in [5.74, 6) is -0.0657. The lowest BCUT2D eigenvalue weighted by atomic mass is 10.1. The fraction of sp³-hybridized carbons (Fsp3) is 0.179. The molecule has 1 saturated heterocycles. The smallest absolute Gasteiger partial charge is 0.269 e. The number of carbonyl (C=O) groups is 1. The Bertz CT molecular complexity index is 1440. The van der Waals surface area contributed by atoms with Crippen LogP contribution in [0.3, 0.4) is 0 Å². The second kappa shape index (κ2) is 10.7. The molecule has 0 unspecified atom stereocenters. The highest BCUT2D eigenvalue weighted by Crippen LogP contribution is 2.50. The van der Waals surface area contributed by atoms with E-state index in [4.69, 9.17) is 4.99 Å². The van der Waals surface area contributed by atoms with E-state index in [0.29, 0.717) is 28.0 Å². The van der Waals surface area contributed by atoms with Crippen LogP contribution in [0.2, 0.25) is 0 Å². The van der Waals surface area contributed by atoms with Crippen molar-refractivity contribution in [2.45, 2.75) is 25.3 Å². The fourth-order valence-corrected chi connectivity index (χ4v) is 6.51. The number of rotatable bonds is 6. The zero-order valence-corrected chi connectivity index (χ0v) is 22.4. The molecule has 1 amide bonds. The first-order valence-corrected chi connectivity index (χ1v) is 13.6. The third kappa shape index (κ3) is 4.97. The molecule has 0 aromatic heterocycles. The van der Waals surface area contributed by atoms with Crippen molar-refractivity contribution in [2.75, 3.05) is 23.8 Å². The molecule has 2 aliphatic rings. The zero-order valence-electron chi connectivity index (χ0n) is 20.8. The molecule has 188 valence electrons. The van der Waals surface area contributed by atoms with E-state index in [-0.39, 0.29) is 5.91 Å². The Balaban J connectivity index is 1.60. The predicted molar refractivity (Wildman–Crippen MR) is 154 cm³/mol. The number of benzene rings is 3. The van der Waals surface area contributed by atoms with Crippen LogP contribution in [0.25, 0.3) is 0 Å². The van der Waals surface area contributed by atoms with Gasteiger partial charge >= 0.3 is 0 Å². The van der Waals surface area contributed by atoms with Crippen LogP contribution < -0.4 is 10.2 Å². The van der Waals surface area contributed by atoms with Crippen molar-refractivity contribution >= 4 is 57.4 Å². The topological polar surface area (TPSA) is 80.5 Å². The Morgan fingerprint density at radius 1 is 1.03 bits per heavy atom. The van der Waals surface area contributed by atoms with Crippen molar-refractivity contribution in [3.63, 3.8) is 0 Å². The van der Waals surface area contributed by atoms with Gasteiger partial charge in [-0.15, -0.1) is 0 Å². The molecular formula is C28H27N5O2S2. The van der Waals surface area contributed by atoms with Gasteiger partial charge in [-0.2, -0.15) is 0 Å². The van der Waals surface area contributed by atoms with Gasteiger partial charge in [0.15, 0.2) is 5.17 Å². The summed E-state index contributed by atoms with van der Waals surface area (Å²) in [5.41, 5.74) is 4.88. The summed E-state index contributed by atoms with van der Waals surface area (Å²) >= 11 is 3.00. The summed E-state index contributed by atoms with van der Waals surface area (Å²) < 4.78 is 0. The van der Waals surface area contributed by atoms with E-state index in [1.54, 1.807) is 23.6 Å². The van der Waals surface area contributed by atoms with E-state index < -0.39 is 0 Å². The summed E-state index contributed by atoms with van der Waals surface area (Å²) in [4.78, 5) is 24.5. The number of amides is 1. The van der Waals surface area contributed by atoms with Crippen LogP contribution in [0.15, 0.2) is 97.8 Å². The number of para-hydroxylation sites is 1. The average molecular weight is 530 g/mol. The van der Waals surface area contributed by atoms with Crippen LogP contribution in [0.5, 0.6) is 0 Å². The molecule has 0 aliphatic carbocycles. The molecule has 2 aliphatic heterocycles. The summed E-state index contributed by atoms with van der Waals surface area (Å²) in [6.07, 6.45) is 0. The minimum Gasteiger partial charge on any atom is -0.411 e. The van der Waals surface area contributed by atoms with Crippen molar-refractivity contribution in [3.05, 3.63) is 93.9 Å². The van der Waals surface area contributed by atoms with Crippen LogP contribution in [0.4, 0.5) is 17.1 Å². The van der Waals surface area contributed by atoms with Gasteiger partial charge in [0, 0.05) is 24.1 Å². The number of hydrogen-bond acceptors (Lipinski definition) is 8. The molecule has 9 heteroatoms. The number of fused-ring (bicyclic) bond motifs is 1. The van der Waals surface area contributed by atoms with Crippen LogP contribution >= 0.6 is 23.5 Å². The van der Waals surface area contributed by atoms with Crippen molar-refractivity contribution in [3.8, 4) is 0 Å². The molecule has 0 radical (unpaired) electrons. The van der Waals surface area contributed by atoms with E-state index in [1.165, 1.54) is 11.8 Å². The Hall–Kier alpha value is -3.69. The highest BCUT2D eigenvalue weighted by molar-refractivity contribution is 8.19. The van der Waals surface area contributed by atoms with Crippen LogP contribution in [0, 0.1) is 0 Å². The number of thioether (sulfide) groups is 2. The summed E-state index contributed by atoms with van der Waals surface area (Å²) in [6, 6.07) is 23.8. The molecule has 5 rings (SSSR count). The maximum Gasteiger partial charge on any atom is 0.269 e. The van der Waals surface area contributed by atoms with Gasteiger partial charge in [-0.25, -0.2) is 4.99 Å². The summed E-state index contributed by atoms with van der Waals surface area (Å²) in [5, 5.41) is 17.5. The first-order valence-electron chi connectivity index (χ1n) is 11.9. The third-order valence-electron chi connectivity index (χ3n) is 6.13. The average Bonchev–Trinajstić information content (AvgIpc) is 3.41. The third-order valence-corrected chi connectivity index (χ3v) is 8.56. The first-order chi connectivity index (χ1) is 18.0. The van der Waals surface area contributed by atoms with Crippen molar-refractivity contribution < 1.29 is 10.0 Å². The monoisotopic (exact) mass is 529 g/mol. The van der Waals surface area contributed by atoms with Crippen molar-refractivity contribution in [1.29, 1.82) is 0 Å². The number of nitrogens with one attached hydrogen (secondary N) is 1. The number of hydrogen-bond donors (Lipinski definition) is 2. The van der Waals surface area contributed by atoms with Crippen molar-refractivity contribution in [1.82, 2.24) is 4.90 Å². The van der Waals surface area contributed by atoms with Gasteiger partial charge in [0.2, 0.25) is 0 Å². The van der Waals surface area contributed by atoms with Crippen LogP contribution in [-0.2, 0) is 11.3 Å². The van der Waals surface area contributed by atoms with E-state index in [1.807, 2.05) is 74.6 Å². The van der Waals surface area contributed by atoms with Gasteiger partial charge in [-0.05, 0) is 55.4 Å². The van der Waals surface area contributed by atoms with Gasteiger partial charge in [-0.1, -0.05) is 65.4 Å². The van der Waals surface area contributed by atoms with Crippen molar-refractivity contribution in [2.24, 2.45) is 10.1 Å². The largest absolute Gasteiger partial charge is 0.411 e. The number of aliphatic imine (C=N–C) groups is 1. The quantitative estimate of drug-likeness (QED) is 0.164. The molecule has 3 aromatic rings. The standard InChI is InChI=1S/C28H27N5O2S2/c1-4-29-21-15-14-20(18(2)31-35)16-22(21)30-28-33(17-19-10-6-5-7-11-19)26(34)25(37-28)27-32(3)23-12-8-9-13-24(23)36-27/h5-16,29,35H,4,17H2,1-3H3. The molecule has 37 heavy (non-hydrogen) atoms. The highest BCUT2D eigenvalue weighted by Gasteiger charge is 2.39. The van der Waals surface area contributed by atoms with E-state index in [9.17, 15) is 10.0 Å². The first kappa shape index (κ1) is 25.0. The van der Waals surface area contributed by atoms with Crippen LogP contribution in [-0.4, -0.2) is 40.5 Å². The number of oxime groups is 1. The maximum absolute atomic E-state index is 13.9. The number of amidine groups is 1. The SMILES string of the molecule is CCNc1ccc(C(C)=NO)cc1N=C1SC(=C2Sc3ccccc3N2C)C(=O)N1Cc1ccccc1. The highest BCUT2D eigenvalue weighted by atomic mass is 32.2. The molecule has 0 bridgehead atoms. The minimum atomic E-state index is -0.0657. The molecule has 2 N–H and O–H groups in total. The molecular weight excluding hydrogens is 502 g/mol. The van der Waals surface area contributed by atoms with Crippen LogP contribution in [0.1, 0.15) is 25.0 Å². The molecule has 0 saturated carbocycles. The lowest BCUT2D eigenvalue weighted by Crippen LogP contribution is -2.29. The number of anilines is 2. The normalized spacial score (nSPS) is 18.6. The Morgan fingerprint density at radius 3 is 2.51 bits per heavy atom. The van der Waals surface area contributed by atoms with Gasteiger partial charge in [0.1, 0.15) is 4.91 Å². The summed E-state index contributed by atoms with van der Waals surface area (Å²) in [6.45, 7) is 4.90. The molecule has 2 heterocycles. The van der Waals surface area contributed by atoms with Gasteiger partial charge in [0.05, 0.1) is 34.3 Å². The molecule has 3 aromatic carbocycles. The zero-order chi connectivity index (χ0) is 25.9. The lowest BCUT2D eigenvalue weighted by Gasteiger charge is -2.17. The molecule has 0 atom stereocenters. The Kier molecular flexibility index (Phi) is 7.25. The number of nitrogens with zero attached hydrogens (tertiary/aromatic N) is 4. The minimum absolute atomic E-state index is 0.0657. The number of carbonyl (C=O) groups excluding carboxylic acids is 1. The molecule has 7 nitrogen and oxygen atoms in total. The van der Waals surface area contributed by atoms with E-state index in [2.05, 4.69) is 27.5 Å². The summed E-state index contributed by atoms with van der Waals surface area (Å²) in [7, 11) is 2.00.